The van der Waals surface area contributed by atoms with Gasteiger partial charge in [0, 0.05) is 16.5 Å². The van der Waals surface area contributed by atoms with Gasteiger partial charge in [-0.15, -0.1) is 11.3 Å². The summed E-state index contributed by atoms with van der Waals surface area (Å²) < 4.78 is 5.59. The van der Waals surface area contributed by atoms with E-state index in [2.05, 4.69) is 15.6 Å². The highest BCUT2D eigenvalue weighted by molar-refractivity contribution is 7.07. The van der Waals surface area contributed by atoms with Gasteiger partial charge in [0.25, 0.3) is 5.91 Å². The third-order valence-corrected chi connectivity index (χ3v) is 3.55. The molecule has 0 aliphatic rings. The van der Waals surface area contributed by atoms with Gasteiger partial charge in [-0.05, 0) is 45.0 Å². The zero-order valence-electron chi connectivity index (χ0n) is 14.0. The molecule has 0 aliphatic carbocycles. The Kier molecular flexibility index (Phi) is 5.92. The Hall–Kier alpha value is -2.41. The summed E-state index contributed by atoms with van der Waals surface area (Å²) in [5, 5.41) is 7.30. The molecule has 0 unspecified atom stereocenters. The zero-order chi connectivity index (χ0) is 17.6. The summed E-state index contributed by atoms with van der Waals surface area (Å²) in [6.07, 6.45) is 0. The van der Waals surface area contributed by atoms with Crippen LogP contribution in [-0.2, 0) is 11.4 Å². The maximum Gasteiger partial charge on any atom is 0.251 e. The Bertz CT molecular complexity index is 676. The van der Waals surface area contributed by atoms with Gasteiger partial charge in [0.05, 0.1) is 17.7 Å². The van der Waals surface area contributed by atoms with Gasteiger partial charge in [0.1, 0.15) is 12.4 Å². The second kappa shape index (κ2) is 7.92. The van der Waals surface area contributed by atoms with Crippen molar-refractivity contribution < 1.29 is 14.3 Å². The molecule has 0 fully saturated rings. The highest BCUT2D eigenvalue weighted by atomic mass is 32.1. The number of hydrogen-bond donors (Lipinski definition) is 2. The smallest absolute Gasteiger partial charge is 0.251 e. The number of thiazole rings is 1. The van der Waals surface area contributed by atoms with Crippen molar-refractivity contribution in [1.82, 2.24) is 15.6 Å². The number of nitrogens with zero attached hydrogens (tertiary/aromatic N) is 1. The first-order chi connectivity index (χ1) is 11.3. The van der Waals surface area contributed by atoms with Crippen LogP contribution in [0.25, 0.3) is 0 Å². The fourth-order valence-corrected chi connectivity index (χ4v) is 2.44. The van der Waals surface area contributed by atoms with Gasteiger partial charge in [-0.3, -0.25) is 9.59 Å². The number of nitrogens with one attached hydrogen (secondary N) is 2. The maximum atomic E-state index is 12.0. The molecule has 0 aliphatic heterocycles. The van der Waals surface area contributed by atoms with Gasteiger partial charge >= 0.3 is 0 Å². The molecule has 2 rings (SSSR count). The predicted molar refractivity (Wildman–Crippen MR) is 93.1 cm³/mol. The second-order valence-corrected chi connectivity index (χ2v) is 6.99. The van der Waals surface area contributed by atoms with Crippen molar-refractivity contribution >= 4 is 23.2 Å². The number of carbonyl (C=O) groups excluding carboxylic acids is 2. The number of benzene rings is 1. The summed E-state index contributed by atoms with van der Waals surface area (Å²) in [5.41, 5.74) is 2.77. The fraction of sp³-hybridized carbons (Fsp3) is 0.353. The van der Waals surface area contributed by atoms with E-state index in [4.69, 9.17) is 4.74 Å². The molecule has 128 valence electrons. The van der Waals surface area contributed by atoms with E-state index in [-0.39, 0.29) is 23.9 Å². The number of ether oxygens (including phenoxy) is 1. The van der Waals surface area contributed by atoms with E-state index in [1.54, 1.807) is 29.8 Å². The van der Waals surface area contributed by atoms with Crippen molar-refractivity contribution in [3.63, 3.8) is 0 Å². The number of rotatable bonds is 6. The molecule has 1 aromatic heterocycles. The Morgan fingerprint density at radius 2 is 1.92 bits per heavy atom. The standard InChI is InChI=1S/C17H21N3O3S/c1-17(2,3)20-15(21)8-18-16(22)12-4-6-14(7-5-12)23-9-13-10-24-11-19-13/h4-7,10-11H,8-9H2,1-3H3,(H,18,22)(H,20,21). The molecule has 1 aromatic carbocycles. The second-order valence-electron chi connectivity index (χ2n) is 6.27. The van der Waals surface area contributed by atoms with Gasteiger partial charge < -0.3 is 15.4 Å². The van der Waals surface area contributed by atoms with Crippen LogP contribution in [0.1, 0.15) is 36.8 Å². The number of hydrogen-bond acceptors (Lipinski definition) is 5. The van der Waals surface area contributed by atoms with Crippen LogP contribution in [0.4, 0.5) is 0 Å². The molecular formula is C17H21N3O3S. The zero-order valence-corrected chi connectivity index (χ0v) is 14.8. The third-order valence-electron chi connectivity index (χ3n) is 2.91. The number of carbonyl (C=O) groups is 2. The Morgan fingerprint density at radius 1 is 1.21 bits per heavy atom. The van der Waals surface area contributed by atoms with Crippen molar-refractivity contribution in [2.75, 3.05) is 6.54 Å². The highest BCUT2D eigenvalue weighted by Gasteiger charge is 2.14. The molecule has 2 amide bonds. The van der Waals surface area contributed by atoms with Crippen molar-refractivity contribution in [3.8, 4) is 5.75 Å². The minimum Gasteiger partial charge on any atom is -0.487 e. The quantitative estimate of drug-likeness (QED) is 0.841. The lowest BCUT2D eigenvalue weighted by molar-refractivity contribution is -0.121. The van der Waals surface area contributed by atoms with E-state index in [0.29, 0.717) is 17.9 Å². The molecule has 1 heterocycles. The van der Waals surface area contributed by atoms with E-state index in [9.17, 15) is 9.59 Å². The number of amides is 2. The SMILES string of the molecule is CC(C)(C)NC(=O)CNC(=O)c1ccc(OCc2cscn2)cc1. The lowest BCUT2D eigenvalue weighted by atomic mass is 10.1. The molecule has 0 radical (unpaired) electrons. The molecule has 0 saturated carbocycles. The lowest BCUT2D eigenvalue weighted by Gasteiger charge is -2.20. The van der Waals surface area contributed by atoms with Gasteiger partial charge in [-0.25, -0.2) is 4.98 Å². The summed E-state index contributed by atoms with van der Waals surface area (Å²) >= 11 is 1.52. The minimum atomic E-state index is -0.321. The van der Waals surface area contributed by atoms with E-state index in [1.807, 2.05) is 26.2 Å². The summed E-state index contributed by atoms with van der Waals surface area (Å²) in [4.78, 5) is 27.9. The summed E-state index contributed by atoms with van der Waals surface area (Å²) in [6, 6.07) is 6.76. The largest absolute Gasteiger partial charge is 0.487 e. The molecule has 0 atom stereocenters. The van der Waals surface area contributed by atoms with Crippen LogP contribution in [0.3, 0.4) is 0 Å². The third kappa shape index (κ3) is 6.00. The molecule has 0 spiro atoms. The van der Waals surface area contributed by atoms with Crippen molar-refractivity contribution in [3.05, 3.63) is 46.4 Å². The van der Waals surface area contributed by atoms with Gasteiger partial charge in [0.2, 0.25) is 5.91 Å². The lowest BCUT2D eigenvalue weighted by Crippen LogP contribution is -2.45. The van der Waals surface area contributed by atoms with Gasteiger partial charge in [-0.1, -0.05) is 0 Å². The molecule has 24 heavy (non-hydrogen) atoms. The van der Waals surface area contributed by atoms with E-state index >= 15 is 0 Å². The minimum absolute atomic E-state index is 0.0574. The predicted octanol–water partition coefficient (Wildman–Crippen LogP) is 2.37. The van der Waals surface area contributed by atoms with Crippen LogP contribution < -0.4 is 15.4 Å². The Morgan fingerprint density at radius 3 is 2.50 bits per heavy atom. The average Bonchev–Trinajstić information content (AvgIpc) is 3.03. The Balaban J connectivity index is 1.81. The molecule has 2 N–H and O–H groups in total. The van der Waals surface area contributed by atoms with Crippen LogP contribution in [0.15, 0.2) is 35.2 Å². The average molecular weight is 347 g/mol. The normalized spacial score (nSPS) is 11.0. The van der Waals surface area contributed by atoms with Crippen molar-refractivity contribution in [2.45, 2.75) is 32.9 Å². The topological polar surface area (TPSA) is 80.3 Å². The van der Waals surface area contributed by atoms with E-state index < -0.39 is 0 Å². The molecular weight excluding hydrogens is 326 g/mol. The van der Waals surface area contributed by atoms with Crippen molar-refractivity contribution in [2.24, 2.45) is 0 Å². The molecule has 2 aromatic rings. The monoisotopic (exact) mass is 347 g/mol. The summed E-state index contributed by atoms with van der Waals surface area (Å²) in [7, 11) is 0. The van der Waals surface area contributed by atoms with Gasteiger partial charge in [0.15, 0.2) is 0 Å². The maximum absolute atomic E-state index is 12.0. The molecule has 7 heteroatoms. The van der Waals surface area contributed by atoms with Crippen LogP contribution >= 0.6 is 11.3 Å². The summed E-state index contributed by atoms with van der Waals surface area (Å²) in [6.45, 7) is 5.99. The fourth-order valence-electron chi connectivity index (χ4n) is 1.89. The molecule has 6 nitrogen and oxygen atoms in total. The molecule has 0 bridgehead atoms. The van der Waals surface area contributed by atoms with Gasteiger partial charge in [-0.2, -0.15) is 0 Å². The first-order valence-electron chi connectivity index (χ1n) is 7.52. The first kappa shape index (κ1) is 17.9. The van der Waals surface area contributed by atoms with Crippen LogP contribution in [0.5, 0.6) is 5.75 Å². The Labute approximate surface area is 145 Å². The van der Waals surface area contributed by atoms with Crippen molar-refractivity contribution in [1.29, 1.82) is 0 Å². The van der Waals surface area contributed by atoms with Crippen LogP contribution in [0, 0.1) is 0 Å². The summed E-state index contributed by atoms with van der Waals surface area (Å²) in [5.74, 6) is 0.134. The van der Waals surface area contributed by atoms with Crippen LogP contribution in [-0.4, -0.2) is 28.9 Å². The van der Waals surface area contributed by atoms with E-state index in [1.165, 1.54) is 11.3 Å². The highest BCUT2D eigenvalue weighted by Crippen LogP contribution is 2.14. The number of aromatic nitrogens is 1. The first-order valence-corrected chi connectivity index (χ1v) is 8.47. The van der Waals surface area contributed by atoms with Crippen LogP contribution in [0.2, 0.25) is 0 Å². The van der Waals surface area contributed by atoms with E-state index in [0.717, 1.165) is 5.69 Å². The molecule has 0 saturated heterocycles.